The number of carbonyl (C=O) groups is 1. The van der Waals surface area contributed by atoms with Crippen molar-refractivity contribution >= 4 is 5.97 Å². The van der Waals surface area contributed by atoms with Crippen molar-refractivity contribution in [2.24, 2.45) is 0 Å². The van der Waals surface area contributed by atoms with E-state index in [9.17, 15) is 9.90 Å². The van der Waals surface area contributed by atoms with Gasteiger partial charge in [-0.3, -0.25) is 14.4 Å². The fourth-order valence-corrected chi connectivity index (χ4v) is 4.27. The average Bonchev–Trinajstić information content (AvgIpc) is 3.10. The van der Waals surface area contributed by atoms with Crippen molar-refractivity contribution in [2.75, 3.05) is 6.54 Å². The largest absolute Gasteiger partial charge is 0.481 e. The minimum Gasteiger partial charge on any atom is -0.481 e. The van der Waals surface area contributed by atoms with E-state index in [2.05, 4.69) is 20.9 Å². The lowest BCUT2D eigenvalue weighted by Gasteiger charge is -2.32. The Labute approximate surface area is 148 Å². The molecule has 1 atom stereocenters. The standard InChI is InChI=1S/C20H25N3O2/c24-20(25)19-14-22(13-16-6-4-5-9-18(16)19)11-15-10-21-23(12-15)17-7-2-1-3-8-17/h4-6,9-10,12,17,19H,1-3,7-8,11,13-14H2,(H,24,25). The molecule has 1 aliphatic carbocycles. The Morgan fingerprint density at radius 2 is 2.00 bits per heavy atom. The molecule has 0 bridgehead atoms. The maximum Gasteiger partial charge on any atom is 0.312 e. The quantitative estimate of drug-likeness (QED) is 0.925. The second-order valence-electron chi connectivity index (χ2n) is 7.38. The van der Waals surface area contributed by atoms with E-state index in [1.807, 2.05) is 30.5 Å². The maximum atomic E-state index is 11.7. The van der Waals surface area contributed by atoms with Crippen LogP contribution in [0.3, 0.4) is 0 Å². The second-order valence-corrected chi connectivity index (χ2v) is 7.38. The SMILES string of the molecule is O=C(O)C1CN(Cc2cnn(C3CCCCC3)c2)Cc2ccccc21. The monoisotopic (exact) mass is 339 g/mol. The predicted octanol–water partition coefficient (Wildman–Crippen LogP) is 3.57. The molecular formula is C20H25N3O2. The molecule has 0 saturated heterocycles. The summed E-state index contributed by atoms with van der Waals surface area (Å²) in [7, 11) is 0. The van der Waals surface area contributed by atoms with Gasteiger partial charge in [0.25, 0.3) is 0 Å². The first-order valence-electron chi connectivity index (χ1n) is 9.26. The first-order valence-corrected chi connectivity index (χ1v) is 9.26. The highest BCUT2D eigenvalue weighted by Crippen LogP contribution is 2.30. The number of carboxylic acid groups (broad SMARTS) is 1. The summed E-state index contributed by atoms with van der Waals surface area (Å²) in [6.07, 6.45) is 10.5. The Balaban J connectivity index is 1.48. The van der Waals surface area contributed by atoms with E-state index >= 15 is 0 Å². The van der Waals surface area contributed by atoms with Crippen LogP contribution in [0.5, 0.6) is 0 Å². The van der Waals surface area contributed by atoms with Crippen molar-refractivity contribution in [2.45, 2.75) is 57.2 Å². The second kappa shape index (κ2) is 7.00. The molecule has 0 spiro atoms. The van der Waals surface area contributed by atoms with Crippen molar-refractivity contribution in [3.63, 3.8) is 0 Å². The fourth-order valence-electron chi connectivity index (χ4n) is 4.27. The molecule has 0 amide bonds. The van der Waals surface area contributed by atoms with Crippen LogP contribution in [0.15, 0.2) is 36.7 Å². The van der Waals surface area contributed by atoms with Gasteiger partial charge >= 0.3 is 5.97 Å². The van der Waals surface area contributed by atoms with E-state index in [-0.39, 0.29) is 0 Å². The molecule has 2 aromatic rings. The van der Waals surface area contributed by atoms with Gasteiger partial charge in [-0.05, 0) is 24.0 Å². The lowest BCUT2D eigenvalue weighted by Crippen LogP contribution is -2.36. The summed E-state index contributed by atoms with van der Waals surface area (Å²) < 4.78 is 2.13. The van der Waals surface area contributed by atoms with Gasteiger partial charge in [0.2, 0.25) is 0 Å². The molecular weight excluding hydrogens is 314 g/mol. The first-order chi connectivity index (χ1) is 12.2. The molecule has 1 aliphatic heterocycles. The zero-order valence-electron chi connectivity index (χ0n) is 14.5. The fraction of sp³-hybridized carbons (Fsp3) is 0.500. The van der Waals surface area contributed by atoms with Gasteiger partial charge in [-0.2, -0.15) is 5.10 Å². The highest BCUT2D eigenvalue weighted by Gasteiger charge is 2.30. The van der Waals surface area contributed by atoms with Gasteiger partial charge in [-0.25, -0.2) is 0 Å². The lowest BCUT2D eigenvalue weighted by molar-refractivity contribution is -0.139. The van der Waals surface area contributed by atoms with E-state index in [1.165, 1.54) is 37.7 Å². The van der Waals surface area contributed by atoms with Gasteiger partial charge < -0.3 is 5.11 Å². The minimum atomic E-state index is -0.741. The Morgan fingerprint density at radius 3 is 2.80 bits per heavy atom. The molecule has 5 nitrogen and oxygen atoms in total. The Bertz CT molecular complexity index is 749. The number of fused-ring (bicyclic) bond motifs is 1. The molecule has 1 unspecified atom stereocenters. The summed E-state index contributed by atoms with van der Waals surface area (Å²) in [5.41, 5.74) is 3.26. The number of aliphatic carboxylic acids is 1. The molecule has 25 heavy (non-hydrogen) atoms. The van der Waals surface area contributed by atoms with Gasteiger partial charge in [0.15, 0.2) is 0 Å². The molecule has 1 aromatic carbocycles. The number of nitrogens with zero attached hydrogens (tertiary/aromatic N) is 3. The number of carboxylic acids is 1. The van der Waals surface area contributed by atoms with Crippen LogP contribution in [0, 0.1) is 0 Å². The minimum absolute atomic E-state index is 0.446. The van der Waals surface area contributed by atoms with Gasteiger partial charge in [-0.1, -0.05) is 43.5 Å². The molecule has 4 rings (SSSR count). The van der Waals surface area contributed by atoms with Crippen molar-refractivity contribution in [1.29, 1.82) is 0 Å². The zero-order chi connectivity index (χ0) is 17.2. The maximum absolute atomic E-state index is 11.7. The molecule has 5 heteroatoms. The highest BCUT2D eigenvalue weighted by molar-refractivity contribution is 5.77. The van der Waals surface area contributed by atoms with Crippen LogP contribution in [-0.2, 0) is 17.9 Å². The Hall–Kier alpha value is -2.14. The molecule has 0 radical (unpaired) electrons. The van der Waals surface area contributed by atoms with Gasteiger partial charge in [0.05, 0.1) is 18.2 Å². The normalized spacial score (nSPS) is 21.8. The number of rotatable bonds is 4. The number of aromatic nitrogens is 2. The van der Waals surface area contributed by atoms with Crippen molar-refractivity contribution in [1.82, 2.24) is 14.7 Å². The number of hydrogen-bond acceptors (Lipinski definition) is 3. The summed E-state index contributed by atoms with van der Waals surface area (Å²) in [6, 6.07) is 8.45. The molecule has 132 valence electrons. The van der Waals surface area contributed by atoms with E-state index in [4.69, 9.17) is 0 Å². The number of hydrogen-bond donors (Lipinski definition) is 1. The summed E-state index contributed by atoms with van der Waals surface area (Å²) in [6.45, 7) is 2.11. The zero-order valence-corrected chi connectivity index (χ0v) is 14.5. The Morgan fingerprint density at radius 1 is 1.20 bits per heavy atom. The van der Waals surface area contributed by atoms with Gasteiger partial charge in [-0.15, -0.1) is 0 Å². The third kappa shape index (κ3) is 3.47. The molecule has 1 aromatic heterocycles. The lowest BCUT2D eigenvalue weighted by atomic mass is 9.89. The van der Waals surface area contributed by atoms with E-state index in [0.29, 0.717) is 12.6 Å². The highest BCUT2D eigenvalue weighted by atomic mass is 16.4. The van der Waals surface area contributed by atoms with Crippen LogP contribution >= 0.6 is 0 Å². The summed E-state index contributed by atoms with van der Waals surface area (Å²) in [5, 5.41) is 14.2. The molecule has 1 fully saturated rings. The number of benzene rings is 1. The van der Waals surface area contributed by atoms with E-state index in [0.717, 1.165) is 24.2 Å². The van der Waals surface area contributed by atoms with Crippen LogP contribution in [0.1, 0.15) is 60.8 Å². The van der Waals surface area contributed by atoms with E-state index in [1.54, 1.807) is 0 Å². The third-order valence-electron chi connectivity index (χ3n) is 5.57. The average molecular weight is 339 g/mol. The first kappa shape index (κ1) is 16.3. The summed E-state index contributed by atoms with van der Waals surface area (Å²) in [4.78, 5) is 13.9. The van der Waals surface area contributed by atoms with Crippen LogP contribution in [0.4, 0.5) is 0 Å². The van der Waals surface area contributed by atoms with Gasteiger partial charge in [0.1, 0.15) is 0 Å². The van der Waals surface area contributed by atoms with Crippen LogP contribution in [0.2, 0.25) is 0 Å². The van der Waals surface area contributed by atoms with Crippen LogP contribution in [-0.4, -0.2) is 32.3 Å². The predicted molar refractivity (Wildman–Crippen MR) is 95.3 cm³/mol. The molecule has 1 saturated carbocycles. The van der Waals surface area contributed by atoms with Crippen molar-refractivity contribution < 1.29 is 9.90 Å². The summed E-state index contributed by atoms with van der Waals surface area (Å²) in [5.74, 6) is -1.19. The smallest absolute Gasteiger partial charge is 0.312 e. The van der Waals surface area contributed by atoms with Crippen molar-refractivity contribution in [3.8, 4) is 0 Å². The van der Waals surface area contributed by atoms with Crippen molar-refractivity contribution in [3.05, 3.63) is 53.3 Å². The van der Waals surface area contributed by atoms with Crippen LogP contribution in [0.25, 0.3) is 0 Å². The van der Waals surface area contributed by atoms with E-state index < -0.39 is 11.9 Å². The Kier molecular flexibility index (Phi) is 4.57. The molecule has 1 N–H and O–H groups in total. The molecule has 2 heterocycles. The topological polar surface area (TPSA) is 58.4 Å². The molecule has 2 aliphatic rings. The third-order valence-corrected chi connectivity index (χ3v) is 5.57. The van der Waals surface area contributed by atoms with Crippen LogP contribution < -0.4 is 0 Å². The van der Waals surface area contributed by atoms with Gasteiger partial charge in [0, 0.05) is 31.4 Å². The summed E-state index contributed by atoms with van der Waals surface area (Å²) >= 11 is 0.